The van der Waals surface area contributed by atoms with Gasteiger partial charge in [0, 0.05) is 18.8 Å². The van der Waals surface area contributed by atoms with Gasteiger partial charge in [0.2, 0.25) is 0 Å². The molecule has 0 aromatic carbocycles. The maximum absolute atomic E-state index is 11.8. The van der Waals surface area contributed by atoms with E-state index in [1.165, 1.54) is 0 Å². The lowest BCUT2D eigenvalue weighted by Crippen LogP contribution is -2.36. The minimum absolute atomic E-state index is 0.0737. The van der Waals surface area contributed by atoms with Gasteiger partial charge >= 0.3 is 0 Å². The fraction of sp³-hybridized carbons (Fsp3) is 0.545. The van der Waals surface area contributed by atoms with Crippen molar-refractivity contribution in [3.8, 4) is 0 Å². The smallest absolute Gasteiger partial charge is 0.268 e. The average molecular weight is 225 g/mol. The van der Waals surface area contributed by atoms with E-state index in [4.69, 9.17) is 10.8 Å². The Morgan fingerprint density at radius 1 is 1.69 bits per heavy atom. The van der Waals surface area contributed by atoms with Crippen LogP contribution in [0.25, 0.3) is 0 Å². The first kappa shape index (κ1) is 12.6. The molecule has 0 saturated carbocycles. The van der Waals surface area contributed by atoms with E-state index in [-0.39, 0.29) is 18.6 Å². The molecule has 1 rings (SSSR count). The van der Waals surface area contributed by atoms with Gasteiger partial charge in [-0.15, -0.1) is 0 Å². The Morgan fingerprint density at radius 2 is 2.38 bits per heavy atom. The highest BCUT2D eigenvalue weighted by atomic mass is 16.3. The molecule has 0 spiro atoms. The second kappa shape index (κ2) is 5.55. The topological polar surface area (TPSA) is 80.3 Å². The third-order valence-electron chi connectivity index (χ3n) is 2.27. The van der Waals surface area contributed by atoms with Crippen molar-refractivity contribution >= 4 is 11.6 Å². The Hall–Kier alpha value is -1.49. The van der Waals surface area contributed by atoms with E-state index >= 15 is 0 Å². The van der Waals surface area contributed by atoms with Crippen molar-refractivity contribution in [2.24, 2.45) is 0 Å². The SMILES string of the molecule is CCCn1cc(N)cc1C(=O)NC(C)CO. The van der Waals surface area contributed by atoms with E-state index < -0.39 is 0 Å². The molecule has 1 heterocycles. The molecule has 1 aromatic rings. The van der Waals surface area contributed by atoms with Crippen LogP contribution in [0.2, 0.25) is 0 Å². The highest BCUT2D eigenvalue weighted by Crippen LogP contribution is 2.11. The van der Waals surface area contributed by atoms with Crippen LogP contribution in [0.5, 0.6) is 0 Å². The largest absolute Gasteiger partial charge is 0.397 e. The molecule has 0 radical (unpaired) electrons. The number of anilines is 1. The highest BCUT2D eigenvalue weighted by molar-refractivity contribution is 5.94. The Kier molecular flexibility index (Phi) is 4.37. The molecule has 16 heavy (non-hydrogen) atoms. The predicted octanol–water partition coefficient (Wildman–Crippen LogP) is 0.591. The number of carbonyl (C=O) groups excluding carboxylic acids is 1. The standard InChI is InChI=1S/C11H19N3O2/c1-3-4-14-6-9(12)5-10(14)11(16)13-8(2)7-15/h5-6,8,15H,3-4,7,12H2,1-2H3,(H,13,16). The van der Waals surface area contributed by atoms with E-state index in [1.54, 1.807) is 19.2 Å². The minimum atomic E-state index is -0.251. The van der Waals surface area contributed by atoms with Crippen molar-refractivity contribution in [1.82, 2.24) is 9.88 Å². The quantitative estimate of drug-likeness (QED) is 0.686. The maximum atomic E-state index is 11.8. The van der Waals surface area contributed by atoms with Crippen LogP contribution in [-0.4, -0.2) is 28.2 Å². The van der Waals surface area contributed by atoms with E-state index in [0.29, 0.717) is 11.4 Å². The number of rotatable bonds is 5. The fourth-order valence-corrected chi connectivity index (χ4v) is 1.49. The molecule has 1 aromatic heterocycles. The second-order valence-corrected chi connectivity index (χ2v) is 3.91. The zero-order chi connectivity index (χ0) is 12.1. The van der Waals surface area contributed by atoms with Gasteiger partial charge in [0.05, 0.1) is 12.3 Å². The molecular formula is C11H19N3O2. The number of aromatic nitrogens is 1. The third-order valence-corrected chi connectivity index (χ3v) is 2.27. The summed E-state index contributed by atoms with van der Waals surface area (Å²) in [5.74, 6) is -0.202. The molecule has 0 aliphatic heterocycles. The van der Waals surface area contributed by atoms with Crippen molar-refractivity contribution in [2.75, 3.05) is 12.3 Å². The number of carbonyl (C=O) groups is 1. The van der Waals surface area contributed by atoms with Gasteiger partial charge in [-0.05, 0) is 19.4 Å². The average Bonchev–Trinajstić information content (AvgIpc) is 2.60. The highest BCUT2D eigenvalue weighted by Gasteiger charge is 2.14. The molecule has 90 valence electrons. The molecule has 1 atom stereocenters. The van der Waals surface area contributed by atoms with Crippen molar-refractivity contribution in [2.45, 2.75) is 32.9 Å². The lowest BCUT2D eigenvalue weighted by atomic mass is 10.3. The first-order chi connectivity index (χ1) is 7.58. The summed E-state index contributed by atoms with van der Waals surface area (Å²) in [5.41, 5.74) is 6.78. The van der Waals surface area contributed by atoms with Crippen LogP contribution < -0.4 is 11.1 Å². The summed E-state index contributed by atoms with van der Waals surface area (Å²) in [6, 6.07) is 1.40. The number of hydrogen-bond donors (Lipinski definition) is 3. The molecule has 4 N–H and O–H groups in total. The summed E-state index contributed by atoms with van der Waals surface area (Å²) in [6.45, 7) is 4.46. The minimum Gasteiger partial charge on any atom is -0.397 e. The number of aliphatic hydroxyl groups is 1. The number of nitrogen functional groups attached to an aromatic ring is 1. The van der Waals surface area contributed by atoms with Crippen molar-refractivity contribution in [3.05, 3.63) is 18.0 Å². The number of nitrogens with zero attached hydrogens (tertiary/aromatic N) is 1. The Balaban J connectivity index is 2.81. The third kappa shape index (κ3) is 3.00. The summed E-state index contributed by atoms with van der Waals surface area (Å²) in [4.78, 5) is 11.8. The van der Waals surface area contributed by atoms with Crippen LogP contribution in [-0.2, 0) is 6.54 Å². The first-order valence-corrected chi connectivity index (χ1v) is 5.45. The fourth-order valence-electron chi connectivity index (χ4n) is 1.49. The van der Waals surface area contributed by atoms with Gasteiger partial charge in [-0.25, -0.2) is 0 Å². The molecular weight excluding hydrogens is 206 g/mol. The number of nitrogens with two attached hydrogens (primary N) is 1. The number of aliphatic hydroxyl groups excluding tert-OH is 1. The molecule has 1 amide bonds. The summed E-state index contributed by atoms with van der Waals surface area (Å²) < 4.78 is 1.83. The Morgan fingerprint density at radius 3 is 2.94 bits per heavy atom. The summed E-state index contributed by atoms with van der Waals surface area (Å²) in [7, 11) is 0. The Labute approximate surface area is 95.3 Å². The van der Waals surface area contributed by atoms with Gasteiger partial charge in [-0.1, -0.05) is 6.92 Å². The molecule has 5 heteroatoms. The number of nitrogens with one attached hydrogen (secondary N) is 1. The molecule has 0 bridgehead atoms. The van der Waals surface area contributed by atoms with Crippen LogP contribution in [0.3, 0.4) is 0 Å². The van der Waals surface area contributed by atoms with E-state index in [9.17, 15) is 4.79 Å². The van der Waals surface area contributed by atoms with Crippen molar-refractivity contribution in [3.63, 3.8) is 0 Å². The monoisotopic (exact) mass is 225 g/mol. The zero-order valence-electron chi connectivity index (χ0n) is 9.73. The van der Waals surface area contributed by atoms with Gasteiger partial charge in [-0.3, -0.25) is 4.79 Å². The second-order valence-electron chi connectivity index (χ2n) is 3.91. The molecule has 0 aliphatic rings. The lowest BCUT2D eigenvalue weighted by molar-refractivity contribution is 0.0913. The first-order valence-electron chi connectivity index (χ1n) is 5.45. The molecule has 0 fully saturated rings. The molecule has 1 unspecified atom stereocenters. The van der Waals surface area contributed by atoms with Crippen molar-refractivity contribution in [1.29, 1.82) is 0 Å². The van der Waals surface area contributed by atoms with Gasteiger partial charge in [0.15, 0.2) is 0 Å². The zero-order valence-corrected chi connectivity index (χ0v) is 9.73. The van der Waals surface area contributed by atoms with Crippen LogP contribution >= 0.6 is 0 Å². The van der Waals surface area contributed by atoms with E-state index in [0.717, 1.165) is 13.0 Å². The summed E-state index contributed by atoms with van der Waals surface area (Å²) >= 11 is 0. The molecule has 0 saturated heterocycles. The molecule has 5 nitrogen and oxygen atoms in total. The normalized spacial score (nSPS) is 12.4. The number of aryl methyl sites for hydroxylation is 1. The van der Waals surface area contributed by atoms with Crippen LogP contribution in [0.15, 0.2) is 12.3 Å². The van der Waals surface area contributed by atoms with Gasteiger partial charge < -0.3 is 20.7 Å². The van der Waals surface area contributed by atoms with Gasteiger partial charge in [0.25, 0.3) is 5.91 Å². The van der Waals surface area contributed by atoms with Gasteiger partial charge in [-0.2, -0.15) is 0 Å². The van der Waals surface area contributed by atoms with Crippen LogP contribution in [0.1, 0.15) is 30.8 Å². The van der Waals surface area contributed by atoms with E-state index in [2.05, 4.69) is 5.32 Å². The molecule has 0 aliphatic carbocycles. The number of amides is 1. The van der Waals surface area contributed by atoms with Crippen LogP contribution in [0, 0.1) is 0 Å². The summed E-state index contributed by atoms with van der Waals surface area (Å²) in [6.07, 6.45) is 2.69. The summed E-state index contributed by atoms with van der Waals surface area (Å²) in [5, 5.41) is 11.6. The lowest BCUT2D eigenvalue weighted by Gasteiger charge is -2.12. The number of hydrogen-bond acceptors (Lipinski definition) is 3. The van der Waals surface area contributed by atoms with Gasteiger partial charge in [0.1, 0.15) is 5.69 Å². The predicted molar refractivity (Wildman–Crippen MR) is 63.1 cm³/mol. The Bertz CT molecular complexity index is 360. The maximum Gasteiger partial charge on any atom is 0.268 e. The van der Waals surface area contributed by atoms with Crippen molar-refractivity contribution < 1.29 is 9.90 Å². The van der Waals surface area contributed by atoms with Crippen LogP contribution in [0.4, 0.5) is 5.69 Å². The van der Waals surface area contributed by atoms with E-state index in [1.807, 2.05) is 11.5 Å².